The Balaban J connectivity index is 2.94. The van der Waals surface area contributed by atoms with Gasteiger partial charge in [-0.2, -0.15) is 13.2 Å². The van der Waals surface area contributed by atoms with Crippen LogP contribution in [0.5, 0.6) is 0 Å². The van der Waals surface area contributed by atoms with Crippen molar-refractivity contribution >= 4 is 22.0 Å². The predicted octanol–water partition coefficient (Wildman–Crippen LogP) is 4.07. The molecule has 1 aromatic rings. The smallest absolute Gasteiger partial charge is 0.166 e. The Kier molecular flexibility index (Phi) is 3.14. The van der Waals surface area contributed by atoms with E-state index in [1.807, 2.05) is 0 Å². The molecule has 70 valence electrons. The van der Waals surface area contributed by atoms with Crippen LogP contribution in [-0.2, 0) is 6.18 Å². The molecular formula is C9H6BrF3. The van der Waals surface area contributed by atoms with Crippen molar-refractivity contribution in [2.75, 3.05) is 0 Å². The summed E-state index contributed by atoms with van der Waals surface area (Å²) in [7, 11) is 0. The molecule has 0 unspecified atom stereocenters. The van der Waals surface area contributed by atoms with Crippen molar-refractivity contribution in [3.05, 3.63) is 40.4 Å². The Labute approximate surface area is 82.2 Å². The van der Waals surface area contributed by atoms with Crippen LogP contribution in [0.25, 0.3) is 6.08 Å². The number of halogens is 4. The molecule has 0 nitrogen and oxygen atoms in total. The number of hydrogen-bond acceptors (Lipinski definition) is 0. The molecule has 4 heteroatoms. The van der Waals surface area contributed by atoms with Crippen LogP contribution in [-0.4, -0.2) is 0 Å². The van der Waals surface area contributed by atoms with Gasteiger partial charge >= 0.3 is 6.18 Å². The first-order chi connectivity index (χ1) is 6.04. The fourth-order valence-corrected chi connectivity index (χ4v) is 1.16. The SMILES string of the molecule is FC(F)(F)c1ccc(/C=C/[76Br])cc1. The zero-order chi connectivity index (χ0) is 9.90. The molecule has 0 amide bonds. The maximum absolute atomic E-state index is 12.1. The summed E-state index contributed by atoms with van der Waals surface area (Å²) in [5, 5.41) is 0. The van der Waals surface area contributed by atoms with Crippen LogP contribution in [0.3, 0.4) is 0 Å². The average molecular weight is 247 g/mol. The van der Waals surface area contributed by atoms with Gasteiger partial charge in [-0.05, 0) is 28.8 Å². The van der Waals surface area contributed by atoms with Crippen molar-refractivity contribution < 1.29 is 13.2 Å². The van der Waals surface area contributed by atoms with Crippen LogP contribution in [0.15, 0.2) is 29.3 Å². The summed E-state index contributed by atoms with van der Waals surface area (Å²) in [5.41, 5.74) is 0.101. The summed E-state index contributed by atoms with van der Waals surface area (Å²) in [6, 6.07) is 4.95. The van der Waals surface area contributed by atoms with Gasteiger partial charge in [-0.25, -0.2) is 0 Å². The monoisotopic (exact) mass is 247 g/mol. The third-order valence-corrected chi connectivity index (χ3v) is 1.76. The normalized spacial score (nSPS) is 12.3. The highest BCUT2D eigenvalue weighted by Gasteiger charge is 2.29. The minimum Gasteiger partial charge on any atom is -0.166 e. The zero-order valence-electron chi connectivity index (χ0n) is 6.48. The fraction of sp³-hybridized carbons (Fsp3) is 0.111. The Morgan fingerprint density at radius 3 is 2.00 bits per heavy atom. The van der Waals surface area contributed by atoms with Crippen LogP contribution in [0.4, 0.5) is 13.2 Å². The van der Waals surface area contributed by atoms with E-state index in [4.69, 9.17) is 0 Å². The highest BCUT2D eigenvalue weighted by Crippen LogP contribution is 2.29. The largest absolute Gasteiger partial charge is 0.416 e. The lowest BCUT2D eigenvalue weighted by Gasteiger charge is -2.05. The molecule has 0 fully saturated rings. The Morgan fingerprint density at radius 2 is 1.62 bits per heavy atom. The molecule has 0 saturated heterocycles. The molecule has 13 heavy (non-hydrogen) atoms. The van der Waals surface area contributed by atoms with Crippen LogP contribution in [0.1, 0.15) is 11.1 Å². The molecule has 0 aromatic heterocycles. The molecule has 0 aliphatic rings. The zero-order valence-corrected chi connectivity index (χ0v) is 8.06. The molecule has 0 heterocycles. The minimum atomic E-state index is -4.25. The number of benzene rings is 1. The van der Waals surface area contributed by atoms with E-state index in [-0.39, 0.29) is 0 Å². The lowest BCUT2D eigenvalue weighted by molar-refractivity contribution is -0.137. The van der Waals surface area contributed by atoms with E-state index in [1.165, 1.54) is 12.1 Å². The van der Waals surface area contributed by atoms with E-state index in [0.717, 1.165) is 17.7 Å². The van der Waals surface area contributed by atoms with Gasteiger partial charge in [-0.15, -0.1) is 0 Å². The molecule has 0 saturated carbocycles. The van der Waals surface area contributed by atoms with E-state index in [9.17, 15) is 13.2 Å². The molecular weight excluding hydrogens is 241 g/mol. The molecule has 0 radical (unpaired) electrons. The first-order valence-electron chi connectivity index (χ1n) is 3.48. The summed E-state index contributed by atoms with van der Waals surface area (Å²) in [6.07, 6.45) is -2.59. The summed E-state index contributed by atoms with van der Waals surface area (Å²) >= 11 is 3.04. The third-order valence-electron chi connectivity index (χ3n) is 1.49. The van der Waals surface area contributed by atoms with Crippen molar-refractivity contribution in [3.63, 3.8) is 0 Å². The van der Waals surface area contributed by atoms with Gasteiger partial charge in [0.1, 0.15) is 0 Å². The topological polar surface area (TPSA) is 0 Å². The molecule has 0 N–H and O–H groups in total. The highest BCUT2D eigenvalue weighted by atomic mass is 75.9. The second kappa shape index (κ2) is 3.96. The summed E-state index contributed by atoms with van der Waals surface area (Å²) in [4.78, 5) is 1.59. The molecule has 0 spiro atoms. The second-order valence-corrected chi connectivity index (χ2v) is 2.94. The van der Waals surface area contributed by atoms with Crippen LogP contribution in [0.2, 0.25) is 0 Å². The van der Waals surface area contributed by atoms with E-state index in [1.54, 1.807) is 11.1 Å². The Bertz CT molecular complexity index is 298. The first kappa shape index (κ1) is 10.3. The van der Waals surface area contributed by atoms with Gasteiger partial charge in [-0.3, -0.25) is 0 Å². The van der Waals surface area contributed by atoms with Crippen molar-refractivity contribution in [1.82, 2.24) is 0 Å². The van der Waals surface area contributed by atoms with Gasteiger partial charge in [-0.1, -0.05) is 28.1 Å². The fourth-order valence-electron chi connectivity index (χ4n) is 0.856. The summed E-state index contributed by atoms with van der Waals surface area (Å²) in [6.45, 7) is 0. The van der Waals surface area contributed by atoms with Gasteiger partial charge in [0.2, 0.25) is 0 Å². The van der Waals surface area contributed by atoms with Crippen molar-refractivity contribution in [1.29, 1.82) is 0 Å². The molecule has 0 aliphatic heterocycles. The molecule has 1 rings (SSSR count). The summed E-state index contributed by atoms with van der Waals surface area (Å²) < 4.78 is 36.2. The number of hydrogen-bond donors (Lipinski definition) is 0. The maximum atomic E-state index is 12.1. The highest BCUT2D eigenvalue weighted by molar-refractivity contribution is 9.11. The van der Waals surface area contributed by atoms with Crippen molar-refractivity contribution in [3.8, 4) is 0 Å². The lowest BCUT2D eigenvalue weighted by atomic mass is 10.1. The third kappa shape index (κ3) is 2.88. The van der Waals surface area contributed by atoms with Crippen molar-refractivity contribution in [2.24, 2.45) is 0 Å². The van der Waals surface area contributed by atoms with Crippen LogP contribution >= 0.6 is 15.9 Å². The van der Waals surface area contributed by atoms with Crippen LogP contribution < -0.4 is 0 Å². The second-order valence-electron chi connectivity index (χ2n) is 2.41. The van der Waals surface area contributed by atoms with Crippen molar-refractivity contribution in [2.45, 2.75) is 6.18 Å². The van der Waals surface area contributed by atoms with E-state index >= 15 is 0 Å². The van der Waals surface area contributed by atoms with Gasteiger partial charge in [0.05, 0.1) is 5.56 Å². The molecule has 1 aromatic carbocycles. The number of alkyl halides is 3. The molecule has 0 atom stereocenters. The maximum Gasteiger partial charge on any atom is 0.416 e. The van der Waals surface area contributed by atoms with Gasteiger partial charge in [0.25, 0.3) is 0 Å². The van der Waals surface area contributed by atoms with E-state index in [0.29, 0.717) is 0 Å². The minimum absolute atomic E-state index is 0.626. The quantitative estimate of drug-likeness (QED) is 0.701. The average Bonchev–Trinajstić information content (AvgIpc) is 2.04. The van der Waals surface area contributed by atoms with Gasteiger partial charge < -0.3 is 0 Å². The first-order valence-corrected chi connectivity index (χ1v) is 4.39. The molecule has 0 bridgehead atoms. The van der Waals surface area contributed by atoms with Gasteiger partial charge in [0, 0.05) is 0 Å². The van der Waals surface area contributed by atoms with Crippen LogP contribution in [0, 0.1) is 0 Å². The number of rotatable bonds is 1. The summed E-state index contributed by atoms with van der Waals surface area (Å²) in [5.74, 6) is 0. The Morgan fingerprint density at radius 1 is 1.08 bits per heavy atom. The molecule has 0 aliphatic carbocycles. The standard InChI is InChI=1S/C9H6BrF3/c10-6-5-7-1-3-8(4-2-7)9(11,12)13/h1-6H/b6-5+/i10-4. The Hall–Kier alpha value is -0.770. The lowest BCUT2D eigenvalue weighted by Crippen LogP contribution is -2.03. The van der Waals surface area contributed by atoms with Gasteiger partial charge in [0.15, 0.2) is 0 Å². The predicted molar refractivity (Wildman–Crippen MR) is 49.4 cm³/mol. The van der Waals surface area contributed by atoms with E-state index < -0.39 is 11.7 Å². The van der Waals surface area contributed by atoms with E-state index in [2.05, 4.69) is 15.9 Å².